The van der Waals surface area contributed by atoms with Gasteiger partial charge in [0.25, 0.3) is 5.91 Å². The molecule has 1 aromatic heterocycles. The van der Waals surface area contributed by atoms with Crippen molar-refractivity contribution in [3.63, 3.8) is 0 Å². The number of nitrogens with zero attached hydrogens (tertiary/aromatic N) is 1. The van der Waals surface area contributed by atoms with Gasteiger partial charge < -0.3 is 14.5 Å². The molecular formula is C17H18N2O5. The maximum Gasteiger partial charge on any atom is 0.336 e. The van der Waals surface area contributed by atoms with Gasteiger partial charge in [0.15, 0.2) is 6.61 Å². The van der Waals surface area contributed by atoms with Crippen molar-refractivity contribution in [3.05, 3.63) is 40.2 Å². The number of fused-ring (bicyclic) bond motifs is 1. The van der Waals surface area contributed by atoms with Gasteiger partial charge in [0.05, 0.1) is 0 Å². The number of carbonyl (C=O) groups is 2. The van der Waals surface area contributed by atoms with Crippen LogP contribution in [0, 0.1) is 0 Å². The van der Waals surface area contributed by atoms with Crippen LogP contribution in [0.15, 0.2) is 33.5 Å². The molecule has 3 amide bonds. The standard InChI is InChI=1S/C17H18N2O5/c1-2-3-11-8-16(21)24-14-9-12(4-5-13(11)14)23-10-15(20)19-7-6-18-17(19)22/h4-5,8-9H,2-3,6-7,10H2,1H3,(H,18,22). The highest BCUT2D eigenvalue weighted by Gasteiger charge is 2.26. The summed E-state index contributed by atoms with van der Waals surface area (Å²) in [5, 5.41) is 3.41. The Bertz CT molecular complexity index is 842. The molecule has 1 fully saturated rings. The van der Waals surface area contributed by atoms with Crippen LogP contribution < -0.4 is 15.7 Å². The summed E-state index contributed by atoms with van der Waals surface area (Å²) >= 11 is 0. The van der Waals surface area contributed by atoms with Gasteiger partial charge in [-0.15, -0.1) is 0 Å². The number of rotatable bonds is 5. The second-order valence-corrected chi connectivity index (χ2v) is 5.56. The minimum atomic E-state index is -0.411. The number of aryl methyl sites for hydroxylation is 1. The molecule has 0 radical (unpaired) electrons. The highest BCUT2D eigenvalue weighted by Crippen LogP contribution is 2.23. The molecule has 1 aromatic carbocycles. The third-order valence-electron chi connectivity index (χ3n) is 3.84. The summed E-state index contributed by atoms with van der Waals surface area (Å²) in [6, 6.07) is 6.22. The van der Waals surface area contributed by atoms with Crippen LogP contribution in [0.25, 0.3) is 11.0 Å². The maximum atomic E-state index is 12.0. The number of hydrogen-bond acceptors (Lipinski definition) is 5. The van der Waals surface area contributed by atoms with Crippen molar-refractivity contribution < 1.29 is 18.7 Å². The van der Waals surface area contributed by atoms with Gasteiger partial charge >= 0.3 is 11.7 Å². The Hall–Kier alpha value is -2.83. The molecule has 1 N–H and O–H groups in total. The smallest absolute Gasteiger partial charge is 0.336 e. The zero-order valence-electron chi connectivity index (χ0n) is 13.3. The number of imide groups is 1. The van der Waals surface area contributed by atoms with Gasteiger partial charge in [0.2, 0.25) is 0 Å². The molecule has 126 valence electrons. The zero-order valence-corrected chi connectivity index (χ0v) is 13.3. The van der Waals surface area contributed by atoms with Crippen LogP contribution in [0.2, 0.25) is 0 Å². The van der Waals surface area contributed by atoms with Crippen LogP contribution in [-0.2, 0) is 11.2 Å². The minimum absolute atomic E-state index is 0.252. The molecule has 0 atom stereocenters. The lowest BCUT2D eigenvalue weighted by molar-refractivity contribution is -0.129. The summed E-state index contributed by atoms with van der Waals surface area (Å²) in [4.78, 5) is 36.1. The van der Waals surface area contributed by atoms with Crippen molar-refractivity contribution in [1.29, 1.82) is 0 Å². The van der Waals surface area contributed by atoms with E-state index in [0.29, 0.717) is 24.4 Å². The molecule has 7 nitrogen and oxygen atoms in total. The molecule has 0 aliphatic carbocycles. The summed E-state index contributed by atoms with van der Waals surface area (Å²) in [6.07, 6.45) is 1.70. The van der Waals surface area contributed by atoms with E-state index in [1.165, 1.54) is 6.07 Å². The van der Waals surface area contributed by atoms with Crippen molar-refractivity contribution in [2.75, 3.05) is 19.7 Å². The van der Waals surface area contributed by atoms with Crippen molar-refractivity contribution in [2.24, 2.45) is 0 Å². The Kier molecular flexibility index (Phi) is 4.50. The second-order valence-electron chi connectivity index (χ2n) is 5.56. The summed E-state index contributed by atoms with van der Waals surface area (Å²) in [5.74, 6) is -0.00135. The summed E-state index contributed by atoms with van der Waals surface area (Å²) in [7, 11) is 0. The van der Waals surface area contributed by atoms with Gasteiger partial charge in [0, 0.05) is 30.6 Å². The molecule has 24 heavy (non-hydrogen) atoms. The number of nitrogens with one attached hydrogen (secondary N) is 1. The first kappa shape index (κ1) is 16.0. The lowest BCUT2D eigenvalue weighted by Gasteiger charge is -2.13. The normalized spacial score (nSPS) is 14.0. The van der Waals surface area contributed by atoms with E-state index in [9.17, 15) is 14.4 Å². The predicted molar refractivity (Wildman–Crippen MR) is 87.1 cm³/mol. The number of hydrogen-bond donors (Lipinski definition) is 1. The Labute approximate surface area is 138 Å². The molecule has 1 aliphatic heterocycles. The third-order valence-corrected chi connectivity index (χ3v) is 3.84. The van der Waals surface area contributed by atoms with Gasteiger partial charge in [-0.3, -0.25) is 9.69 Å². The zero-order chi connectivity index (χ0) is 17.1. The number of benzene rings is 1. The highest BCUT2D eigenvalue weighted by atomic mass is 16.5. The van der Waals surface area contributed by atoms with Gasteiger partial charge in [0.1, 0.15) is 11.3 Å². The van der Waals surface area contributed by atoms with E-state index < -0.39 is 17.6 Å². The van der Waals surface area contributed by atoms with Gasteiger partial charge in [-0.25, -0.2) is 9.59 Å². The Balaban J connectivity index is 1.77. The second kappa shape index (κ2) is 6.74. The topological polar surface area (TPSA) is 88.8 Å². The number of ether oxygens (including phenoxy) is 1. The quantitative estimate of drug-likeness (QED) is 0.843. The van der Waals surface area contributed by atoms with Crippen molar-refractivity contribution in [3.8, 4) is 5.75 Å². The minimum Gasteiger partial charge on any atom is -0.484 e. The fraction of sp³-hybridized carbons (Fsp3) is 0.353. The van der Waals surface area contributed by atoms with Crippen LogP contribution in [-0.4, -0.2) is 36.5 Å². The first-order chi connectivity index (χ1) is 11.6. The van der Waals surface area contributed by atoms with Gasteiger partial charge in [-0.1, -0.05) is 13.3 Å². The van der Waals surface area contributed by atoms with Crippen LogP contribution in [0.1, 0.15) is 18.9 Å². The number of amides is 3. The number of urea groups is 1. The molecule has 1 aliphatic rings. The monoisotopic (exact) mass is 330 g/mol. The van der Waals surface area contributed by atoms with Crippen molar-refractivity contribution in [1.82, 2.24) is 10.2 Å². The van der Waals surface area contributed by atoms with E-state index in [0.717, 1.165) is 28.7 Å². The van der Waals surface area contributed by atoms with Crippen molar-refractivity contribution >= 4 is 22.9 Å². The molecule has 2 aromatic rings. The molecular weight excluding hydrogens is 312 g/mol. The Morgan fingerprint density at radius 3 is 2.88 bits per heavy atom. The van der Waals surface area contributed by atoms with Crippen molar-refractivity contribution in [2.45, 2.75) is 19.8 Å². The van der Waals surface area contributed by atoms with E-state index in [2.05, 4.69) is 5.32 Å². The molecule has 7 heteroatoms. The predicted octanol–water partition coefficient (Wildman–Crippen LogP) is 1.68. The van der Waals surface area contributed by atoms with E-state index in [4.69, 9.17) is 9.15 Å². The van der Waals surface area contributed by atoms with Gasteiger partial charge in [-0.2, -0.15) is 0 Å². The lowest BCUT2D eigenvalue weighted by atomic mass is 10.1. The molecule has 2 heterocycles. The van der Waals surface area contributed by atoms with Crippen LogP contribution in [0.4, 0.5) is 4.79 Å². The molecule has 0 unspecified atom stereocenters. The van der Waals surface area contributed by atoms with E-state index in [1.54, 1.807) is 12.1 Å². The third kappa shape index (κ3) is 3.24. The van der Waals surface area contributed by atoms with Gasteiger partial charge in [-0.05, 0) is 24.1 Å². The first-order valence-corrected chi connectivity index (χ1v) is 7.86. The summed E-state index contributed by atoms with van der Waals surface area (Å²) < 4.78 is 10.7. The Morgan fingerprint density at radius 2 is 2.17 bits per heavy atom. The summed E-state index contributed by atoms with van der Waals surface area (Å²) in [5.41, 5.74) is 0.947. The molecule has 0 saturated carbocycles. The molecule has 1 saturated heterocycles. The maximum absolute atomic E-state index is 12.0. The molecule has 0 spiro atoms. The SMILES string of the molecule is CCCc1cc(=O)oc2cc(OCC(=O)N3CCNC3=O)ccc12. The van der Waals surface area contributed by atoms with E-state index >= 15 is 0 Å². The van der Waals surface area contributed by atoms with E-state index in [1.807, 2.05) is 13.0 Å². The van der Waals surface area contributed by atoms with Crippen LogP contribution in [0.3, 0.4) is 0 Å². The highest BCUT2D eigenvalue weighted by molar-refractivity contribution is 5.96. The van der Waals surface area contributed by atoms with E-state index in [-0.39, 0.29) is 6.61 Å². The largest absolute Gasteiger partial charge is 0.484 e. The molecule has 3 rings (SSSR count). The fourth-order valence-electron chi connectivity index (χ4n) is 2.71. The lowest BCUT2D eigenvalue weighted by Crippen LogP contribution is -2.37. The molecule has 0 bridgehead atoms. The van der Waals surface area contributed by atoms with Crippen LogP contribution >= 0.6 is 0 Å². The van der Waals surface area contributed by atoms with Crippen LogP contribution in [0.5, 0.6) is 5.75 Å². The first-order valence-electron chi connectivity index (χ1n) is 7.86. The fourth-order valence-corrected chi connectivity index (χ4v) is 2.71. The average Bonchev–Trinajstić information content (AvgIpc) is 2.98. The summed E-state index contributed by atoms with van der Waals surface area (Å²) in [6.45, 7) is 2.58. The average molecular weight is 330 g/mol. The number of carbonyl (C=O) groups excluding carboxylic acids is 2. The Morgan fingerprint density at radius 1 is 1.33 bits per heavy atom.